The molecular weight excluding hydrogens is 2370 g/mol. The summed E-state index contributed by atoms with van der Waals surface area (Å²) in [5, 5.41) is 0. The minimum Gasteiger partial charge on any atom is -0.578 e. The van der Waals surface area contributed by atoms with Gasteiger partial charge >= 0.3 is 306 Å². The number of para-hydroxylation sites is 1. The van der Waals surface area contributed by atoms with E-state index in [4.69, 9.17) is 27.2 Å². The summed E-state index contributed by atoms with van der Waals surface area (Å²) < 4.78 is 529. The van der Waals surface area contributed by atoms with Crippen LogP contribution in [0.25, 0.3) is 0 Å². The number of carbonyl (C=O) groups excluding carboxylic acids is 2. The smallest absolute Gasteiger partial charge is 0.532 e. The number of aryl methyl sites for hydroxylation is 2. The summed E-state index contributed by atoms with van der Waals surface area (Å²) in [5.41, 5.74) is 3.99. The van der Waals surface area contributed by atoms with Crippen LogP contribution in [0.15, 0.2) is 97.1 Å². The normalized spacial score (nSPS) is 10.7. The number of benzene rings is 4. The average Bonchev–Trinajstić information content (AvgIpc) is 0.818. The van der Waals surface area contributed by atoms with Crippen molar-refractivity contribution < 1.29 is 206 Å². The summed E-state index contributed by atoms with van der Waals surface area (Å²) in [4.78, 5) is 24.0. The van der Waals surface area contributed by atoms with Gasteiger partial charge in [-0.2, -0.15) is 0 Å². The summed E-state index contributed by atoms with van der Waals surface area (Å²) in [6.45, 7) is 7.43. The molecule has 652 valence electrons. The lowest BCUT2D eigenvalue weighted by Gasteiger charge is -2.23. The van der Waals surface area contributed by atoms with Crippen molar-refractivity contribution in [2.45, 2.75) is 77.5 Å². The summed E-state index contributed by atoms with van der Waals surface area (Å²) in [6, 6.07) is 28.2. The highest BCUT2D eigenvalue weighted by atomic mass is 30.2. The van der Waals surface area contributed by atoms with Crippen molar-refractivity contribution >= 4 is 332 Å². The number of ether oxygens (including phenoxy) is 4. The van der Waals surface area contributed by atoms with Crippen LogP contribution in [0, 0.1) is 0 Å². The monoisotopic (exact) mass is 2420 g/mol. The largest absolute Gasteiger partial charge is 0.578 e. The van der Waals surface area contributed by atoms with E-state index < -0.39 is 332 Å². The van der Waals surface area contributed by atoms with E-state index in [2.05, 4.69) is 0 Å². The van der Waals surface area contributed by atoms with Gasteiger partial charge in [0.05, 0.1) is 20.1 Å². The molecule has 0 aliphatic heterocycles. The van der Waals surface area contributed by atoms with E-state index in [1.54, 1.807) is 93.0 Å². The molecular formula is C40H52O46Si41. The Kier molecular flexibility index (Phi) is 48.9. The fourth-order valence-corrected chi connectivity index (χ4v) is 467. The first-order chi connectivity index (χ1) is 59.0. The van der Waals surface area contributed by atoms with Gasteiger partial charge in [-0.25, -0.2) is 0 Å². The van der Waals surface area contributed by atoms with Crippen molar-refractivity contribution in [1.29, 1.82) is 0 Å². The molecule has 0 N–H and O–H groups in total. The number of carbonyl (C=O) groups is 2. The third kappa shape index (κ3) is 33.5. The van der Waals surface area contributed by atoms with E-state index in [-0.39, 0.29) is 32.1 Å². The lowest BCUT2D eigenvalue weighted by molar-refractivity contribution is -0.142. The number of methoxy groups -OCH3 is 1. The molecule has 46 nitrogen and oxygen atoms in total. The molecule has 0 spiro atoms. The zero-order valence-corrected chi connectivity index (χ0v) is 107. The van der Waals surface area contributed by atoms with E-state index in [1.807, 2.05) is 24.3 Å². The average molecular weight is 2420 g/mol. The first kappa shape index (κ1) is 116. The second kappa shape index (κ2) is 53.7. The number of hydrogen-bond acceptors (Lipinski definition) is 46. The standard InChI is InChI=1S/C40H52O46Si41/c1-31(41)83-30-36-13-8-7-11-34(36)24-27-126(3,4)85-87-89(44)91(46)93(48)95(50)97(52)99(54)101(56)103(58)105(60)107(62)109(64)111(66)113(68)115(70)117(72)119(74)121(76)123(78)125(80)124(79)122(77)120(75)118(73)116(71)114(69)112(67)110(65)108(63)106(61)104(59)102(57)100(55)98(53)96(51)94(49)92(47)90(45)88(43)86-127(5,6)28-25-35-12-9-10-14-39(35)82-26-23-40(42)84-38-21-17-33(18-22-38)29-32-15-19-37(81-2)20-16-32/h7-22H,23-30,87H2,1-6H3. The Labute approximate surface area is 763 Å². The molecule has 87 heteroatoms. The maximum absolute atomic E-state index is 13.2. The second-order valence-corrected chi connectivity index (χ2v) is 222. The molecule has 0 aliphatic carbocycles. The van der Waals surface area contributed by atoms with Crippen LogP contribution in [0.4, 0.5) is 0 Å². The number of esters is 2. The molecule has 0 fully saturated rings. The zero-order valence-electron chi connectivity index (χ0n) is 65.4. The lowest BCUT2D eigenvalue weighted by Crippen LogP contribution is -2.58. The summed E-state index contributed by atoms with van der Waals surface area (Å²) in [7, 11) is -183. The molecule has 0 aromatic heterocycles. The van der Waals surface area contributed by atoms with Crippen LogP contribution in [-0.4, -0.2) is 346 Å². The predicted molar refractivity (Wildman–Crippen MR) is 454 cm³/mol. The highest BCUT2D eigenvalue weighted by Gasteiger charge is 2.60. The van der Waals surface area contributed by atoms with Crippen molar-refractivity contribution in [3.8, 4) is 17.2 Å². The Bertz CT molecular complexity index is 5930. The minimum absolute atomic E-state index is 0.0361. The number of rotatable bonds is 58. The third-order valence-corrected chi connectivity index (χ3v) is 324. The second-order valence-electron chi connectivity index (χ2n) is 26.4. The van der Waals surface area contributed by atoms with Crippen LogP contribution in [-0.2, 0) is 218 Å². The Hall–Kier alpha value is -3.53. The number of hydrogen-bond donors (Lipinski definition) is 0. The van der Waals surface area contributed by atoms with Gasteiger partial charge in [0.25, 0.3) is 0 Å². The fraction of sp³-hybridized carbons (Fsp3) is 0.350. The van der Waals surface area contributed by atoms with Gasteiger partial charge in [0, 0.05) is 6.92 Å². The van der Waals surface area contributed by atoms with Crippen LogP contribution in [0.3, 0.4) is 0 Å². The van der Waals surface area contributed by atoms with E-state index in [0.29, 0.717) is 47.3 Å². The van der Waals surface area contributed by atoms with Crippen LogP contribution in [0.2, 0.25) is 38.3 Å². The quantitative estimate of drug-likeness (QED) is 0.0225. The maximum atomic E-state index is 13.2. The highest BCUT2D eigenvalue weighted by molar-refractivity contribution is 7.86. The molecule has 0 heterocycles. The van der Waals surface area contributed by atoms with Gasteiger partial charge < -0.3 is 197 Å². The molecule has 0 aliphatic rings. The van der Waals surface area contributed by atoms with Crippen molar-refractivity contribution in [1.82, 2.24) is 0 Å². The molecule has 4 aromatic rings. The van der Waals surface area contributed by atoms with Crippen LogP contribution in [0.1, 0.15) is 41.2 Å². The summed E-state index contributed by atoms with van der Waals surface area (Å²) in [6.07, 6.45) is 0.968. The molecule has 0 radical (unpaired) electrons. The Balaban J connectivity index is 1.25. The molecule has 4 aromatic carbocycles. The summed E-state index contributed by atoms with van der Waals surface area (Å²) in [5.74, 6) is 0.177. The zero-order chi connectivity index (χ0) is 96.6. The maximum Gasteiger partial charge on any atom is 0.532 e. The first-order valence-electron chi connectivity index (χ1n) is 34.8. The molecule has 127 heavy (non-hydrogen) atoms. The third-order valence-electron chi connectivity index (χ3n) is 16.4. The van der Waals surface area contributed by atoms with E-state index in [1.165, 1.54) is 20.0 Å². The van der Waals surface area contributed by atoms with E-state index in [0.717, 1.165) is 16.7 Å². The molecule has 0 unspecified atom stereocenters. The van der Waals surface area contributed by atoms with Crippen molar-refractivity contribution in [2.75, 3.05) is 13.7 Å². The SMILES string of the molecule is COc1ccc(Cc2ccc(OC(=O)CCOc3ccccc3CC[Si](C)(C)O[Si](=O)[Si](=O)[Si](=O)[Si](=O)[Si](=O)[Si](=O)[Si](=O)[Si](=O)[Si](=O)[Si](=O)[Si](=O)[Si](=O)[Si](=O)[Si](=O)[Si](=O)[Si](=O)[Si](=O)[Si](=O)[Si](=O)[Si](=O)[Si](=O)[Si](=O)[Si](=O)[Si](=O)[Si](=O)[Si](=O)[Si](=O)[Si](=O)[Si](=O)[Si](=O)[Si](=O)[Si](=O)[Si](=O)[Si](=O)[Si](=O)[Si](=O)[Si](=O)[Si](=O)[SiH2]O[Si](C)(C)CCc3ccccc3COC(C)=O)cc2)cc1. The Morgan fingerprint density at radius 2 is 0.583 bits per heavy atom. The van der Waals surface area contributed by atoms with Gasteiger partial charge in [-0.15, -0.1) is 0 Å². The minimum atomic E-state index is -4.89. The molecule has 0 bridgehead atoms. The molecule has 0 saturated carbocycles. The van der Waals surface area contributed by atoms with Gasteiger partial charge in [-0.1, -0.05) is 66.7 Å². The van der Waals surface area contributed by atoms with Crippen LogP contribution in [0.5, 0.6) is 17.2 Å². The topological polar surface area (TPSA) is 738 Å². The van der Waals surface area contributed by atoms with Gasteiger partial charge in [-0.3, -0.25) is 9.59 Å². The first-order valence-corrected chi connectivity index (χ1v) is 134. The van der Waals surface area contributed by atoms with Gasteiger partial charge in [0.1, 0.15) is 23.9 Å². The van der Waals surface area contributed by atoms with Crippen LogP contribution >= 0.6 is 0 Å². The molecule has 0 atom stereocenters. The molecule has 4 rings (SSSR count). The lowest BCUT2D eigenvalue weighted by atomic mass is 10.0. The van der Waals surface area contributed by atoms with E-state index in [9.17, 15) is 179 Å². The van der Waals surface area contributed by atoms with Gasteiger partial charge in [0.15, 0.2) is 8.32 Å². The summed E-state index contributed by atoms with van der Waals surface area (Å²) >= 11 is 0. The fourth-order valence-electron chi connectivity index (χ4n) is 9.40. The Morgan fingerprint density at radius 3 is 0.898 bits per heavy atom. The Morgan fingerprint density at radius 1 is 0.315 bits per heavy atom. The molecule has 0 amide bonds. The van der Waals surface area contributed by atoms with E-state index >= 15 is 0 Å². The van der Waals surface area contributed by atoms with Crippen molar-refractivity contribution in [3.63, 3.8) is 0 Å². The van der Waals surface area contributed by atoms with Gasteiger partial charge in [-0.05, 0) is 116 Å². The van der Waals surface area contributed by atoms with Crippen LogP contribution < -0.4 is 14.2 Å². The molecule has 0 saturated heterocycles. The van der Waals surface area contributed by atoms with Gasteiger partial charge in [0.2, 0.25) is 17.6 Å². The highest BCUT2D eigenvalue weighted by Crippen LogP contribution is 2.25. The van der Waals surface area contributed by atoms with Crippen molar-refractivity contribution in [2.24, 2.45) is 0 Å². The van der Waals surface area contributed by atoms with Crippen molar-refractivity contribution in [3.05, 3.63) is 125 Å². The predicted octanol–water partition coefficient (Wildman–Crippen LogP) is -11.0.